The van der Waals surface area contributed by atoms with Crippen LogP contribution in [0.5, 0.6) is 0 Å². The average molecular weight is 615 g/mol. The van der Waals surface area contributed by atoms with Gasteiger partial charge in [0.1, 0.15) is 11.6 Å². The number of benzene rings is 1. The third kappa shape index (κ3) is 9.85. The van der Waals surface area contributed by atoms with Crippen LogP contribution in [-0.2, 0) is 25.8 Å². The molecule has 7 nitrogen and oxygen atoms in total. The summed E-state index contributed by atoms with van der Waals surface area (Å²) in [5.41, 5.74) is 2.20. The second-order valence-corrected chi connectivity index (χ2v) is 19.3. The molecule has 0 amide bonds. The maximum Gasteiger partial charge on any atom is 0.305 e. The van der Waals surface area contributed by atoms with E-state index in [1.807, 2.05) is 52.9 Å². The lowest BCUT2D eigenvalue weighted by Gasteiger charge is -2.53. The Bertz CT molecular complexity index is 1260. The third-order valence-corrected chi connectivity index (χ3v) is 14.1. The Balaban J connectivity index is 2.02. The van der Waals surface area contributed by atoms with Crippen molar-refractivity contribution in [2.75, 3.05) is 7.11 Å². The standard InChI is InChI=1S/C35H58N2O5Si/c1-24(17-15-13-14-16-18-30(38)27-19-20-29-28(23-27)36-26(3)37(29)9)32(42-43(11,12)34(4,5)6)25(2)33(40)35(7,8)22-21-31(39)41-10/h14,16,19-20,23-25,30,32,38H,13,15,17-18,21-22H2,1-12H3/q-1/b16-14-/t24-,25+,30-,32-/m0/s1. The lowest BCUT2D eigenvalue weighted by atomic mass is 9.74. The van der Waals surface area contributed by atoms with E-state index >= 15 is 0 Å². The van der Waals surface area contributed by atoms with E-state index in [-0.39, 0.29) is 41.2 Å². The molecule has 8 heteroatoms. The van der Waals surface area contributed by atoms with Gasteiger partial charge in [-0.2, -0.15) is 0 Å². The molecule has 1 N–H and O–H groups in total. The van der Waals surface area contributed by atoms with Crippen molar-refractivity contribution in [2.45, 2.75) is 124 Å². The maximum absolute atomic E-state index is 13.8. The van der Waals surface area contributed by atoms with Gasteiger partial charge in [-0.05, 0) is 71.0 Å². The van der Waals surface area contributed by atoms with E-state index in [2.05, 4.69) is 62.5 Å². The van der Waals surface area contributed by atoms with E-state index in [9.17, 15) is 14.7 Å². The monoisotopic (exact) mass is 614 g/mol. The van der Waals surface area contributed by atoms with Crippen molar-refractivity contribution in [3.8, 4) is 0 Å². The molecule has 1 aromatic carbocycles. The zero-order valence-electron chi connectivity index (χ0n) is 28.9. The summed E-state index contributed by atoms with van der Waals surface area (Å²) in [6.07, 6.45) is 7.47. The molecule has 0 bridgehead atoms. The first-order valence-corrected chi connectivity index (χ1v) is 18.8. The molecule has 0 unspecified atom stereocenters. The highest BCUT2D eigenvalue weighted by atomic mass is 28.4. The highest BCUT2D eigenvalue weighted by Gasteiger charge is 2.39. The number of imidazole rings is 1. The Hall–Kier alpha value is -2.29. The molecule has 0 saturated carbocycles. The van der Waals surface area contributed by atoms with Gasteiger partial charge >= 0.3 is 5.97 Å². The van der Waals surface area contributed by atoms with E-state index in [4.69, 9.17) is 9.16 Å². The largest absolute Gasteiger partial charge is 0.562 e. The van der Waals surface area contributed by atoms with Gasteiger partial charge in [-0.15, -0.1) is 18.1 Å². The van der Waals surface area contributed by atoms with Crippen molar-refractivity contribution in [1.29, 1.82) is 0 Å². The van der Waals surface area contributed by atoms with Gasteiger partial charge in [-0.25, -0.2) is 4.98 Å². The van der Waals surface area contributed by atoms with Crippen molar-refractivity contribution >= 4 is 31.1 Å². The number of aliphatic hydroxyl groups is 1. The van der Waals surface area contributed by atoms with Crippen molar-refractivity contribution in [3.05, 3.63) is 41.7 Å². The average Bonchev–Trinajstić information content (AvgIpc) is 3.22. The van der Waals surface area contributed by atoms with Crippen molar-refractivity contribution in [2.24, 2.45) is 24.3 Å². The molecule has 0 saturated heterocycles. The molecule has 1 aromatic heterocycles. The van der Waals surface area contributed by atoms with Crippen LogP contribution in [0.15, 0.2) is 30.4 Å². The topological polar surface area (TPSA) is 90.7 Å². The molecule has 4 atom stereocenters. The molecule has 243 valence electrons. The van der Waals surface area contributed by atoms with Gasteiger partial charge < -0.3 is 18.8 Å². The second-order valence-electron chi connectivity index (χ2n) is 14.6. The number of hydrogen-bond acceptors (Lipinski definition) is 6. The zero-order chi connectivity index (χ0) is 32.8. The predicted molar refractivity (Wildman–Crippen MR) is 178 cm³/mol. The number of fused-ring (bicyclic) bond motifs is 1. The number of Topliss-reactive ketones (excluding diaryl/α,β-unsaturated/α-hetero) is 1. The summed E-state index contributed by atoms with van der Waals surface area (Å²) in [6, 6.07) is 5.98. The molecular formula is C35H58N2O5Si-. The van der Waals surface area contributed by atoms with E-state index in [0.717, 1.165) is 41.7 Å². The fourth-order valence-corrected chi connectivity index (χ4v) is 6.85. The van der Waals surface area contributed by atoms with Crippen LogP contribution in [0.1, 0.15) is 104 Å². The summed E-state index contributed by atoms with van der Waals surface area (Å²) < 4.78 is 13.8. The second kappa shape index (κ2) is 15.1. The van der Waals surface area contributed by atoms with Gasteiger partial charge in [0.05, 0.1) is 24.2 Å². The van der Waals surface area contributed by atoms with Crippen LogP contribution in [0.2, 0.25) is 18.1 Å². The summed E-state index contributed by atoms with van der Waals surface area (Å²) >= 11 is 0. The molecule has 2 rings (SSSR count). The number of esters is 1. The van der Waals surface area contributed by atoms with Gasteiger partial charge in [0, 0.05) is 30.9 Å². The SMILES string of the molecule is COC(=O)CCC(C)(C)C(=O)[C@H](C)[C@@H](O[Si-](C)(C)C(C)(C)C)[C@@H](C)CCC/C=C\C[C@H](O)c1ccc2c(c1)nc(C)n2C. The third-order valence-electron chi connectivity index (χ3n) is 9.62. The number of aliphatic hydroxyl groups excluding tert-OH is 1. The number of carbonyl (C=O) groups excluding carboxylic acids is 2. The number of aryl methyl sites for hydroxylation is 2. The van der Waals surface area contributed by atoms with Crippen LogP contribution >= 0.6 is 0 Å². The first kappa shape index (κ1) is 36.9. The Labute approximate surface area is 261 Å². The van der Waals surface area contributed by atoms with Crippen LogP contribution in [0.3, 0.4) is 0 Å². The Morgan fingerprint density at radius 3 is 2.37 bits per heavy atom. The number of rotatable bonds is 16. The summed E-state index contributed by atoms with van der Waals surface area (Å²) in [7, 11) is 1.24. The highest BCUT2D eigenvalue weighted by Crippen LogP contribution is 2.41. The molecule has 43 heavy (non-hydrogen) atoms. The molecule has 0 spiro atoms. The number of ketones is 1. The van der Waals surface area contributed by atoms with Gasteiger partial charge in [-0.1, -0.05) is 66.7 Å². The highest BCUT2D eigenvalue weighted by molar-refractivity contribution is 6.74. The lowest BCUT2D eigenvalue weighted by molar-refractivity contribution is -0.142. The van der Waals surface area contributed by atoms with Crippen LogP contribution < -0.4 is 0 Å². The first-order valence-electron chi connectivity index (χ1n) is 15.9. The maximum atomic E-state index is 13.8. The summed E-state index contributed by atoms with van der Waals surface area (Å²) in [5.74, 6) is 0.703. The summed E-state index contributed by atoms with van der Waals surface area (Å²) in [4.78, 5) is 30.1. The quantitative estimate of drug-likeness (QED) is 0.0886. The molecule has 0 radical (unpaired) electrons. The molecule has 1 heterocycles. The molecule has 0 fully saturated rings. The Morgan fingerprint density at radius 2 is 1.77 bits per heavy atom. The van der Waals surface area contributed by atoms with E-state index in [1.54, 1.807) is 0 Å². The number of ether oxygens (including phenoxy) is 1. The van der Waals surface area contributed by atoms with Crippen LogP contribution in [0.25, 0.3) is 11.0 Å². The van der Waals surface area contributed by atoms with Crippen molar-refractivity contribution in [3.63, 3.8) is 0 Å². The number of nitrogens with zero attached hydrogens (tertiary/aromatic N) is 2. The fourth-order valence-electron chi connectivity index (χ4n) is 5.38. The molecular weight excluding hydrogens is 556 g/mol. The van der Waals surface area contributed by atoms with Crippen LogP contribution in [-0.4, -0.2) is 47.9 Å². The van der Waals surface area contributed by atoms with Crippen molar-refractivity contribution < 1.29 is 23.9 Å². The van der Waals surface area contributed by atoms with E-state index < -0.39 is 19.8 Å². The minimum atomic E-state index is -2.14. The molecule has 0 aliphatic carbocycles. The van der Waals surface area contributed by atoms with Gasteiger partial charge in [0.15, 0.2) is 0 Å². The van der Waals surface area contributed by atoms with Crippen molar-refractivity contribution in [1.82, 2.24) is 9.55 Å². The van der Waals surface area contributed by atoms with E-state index in [1.165, 1.54) is 7.11 Å². The van der Waals surface area contributed by atoms with Gasteiger partial charge in [0.2, 0.25) is 0 Å². The Kier molecular flexibility index (Phi) is 13.0. The smallest absolute Gasteiger partial charge is 0.305 e. The number of hydrogen-bond donors (Lipinski definition) is 1. The number of methoxy groups -OCH3 is 1. The lowest BCUT2D eigenvalue weighted by Crippen LogP contribution is -2.50. The normalized spacial score (nSPS) is 15.9. The number of carbonyl (C=O) groups is 2. The first-order chi connectivity index (χ1) is 19.8. The van der Waals surface area contributed by atoms with Gasteiger partial charge in [0.25, 0.3) is 0 Å². The minimum absolute atomic E-state index is 0.0254. The summed E-state index contributed by atoms with van der Waals surface area (Å²) in [5, 5.41) is 10.8. The van der Waals surface area contributed by atoms with Gasteiger partial charge in [-0.3, -0.25) is 9.59 Å². The minimum Gasteiger partial charge on any atom is -0.562 e. The fraction of sp³-hybridized carbons (Fsp3) is 0.686. The summed E-state index contributed by atoms with van der Waals surface area (Å²) in [6.45, 7) is 21.2. The molecule has 2 aromatic rings. The van der Waals surface area contributed by atoms with Crippen LogP contribution in [0.4, 0.5) is 0 Å². The molecule has 0 aliphatic heterocycles. The predicted octanol–water partition coefficient (Wildman–Crippen LogP) is 8.24. The zero-order valence-corrected chi connectivity index (χ0v) is 29.9. The number of unbranched alkanes of at least 4 members (excludes halogenated alkanes) is 1. The van der Waals surface area contributed by atoms with Crippen LogP contribution in [0, 0.1) is 24.2 Å². The molecule has 0 aliphatic rings. The van der Waals surface area contributed by atoms with E-state index in [0.29, 0.717) is 12.8 Å². The number of aromatic nitrogens is 2. The Morgan fingerprint density at radius 1 is 1.12 bits per heavy atom. The number of allylic oxidation sites excluding steroid dienone is 1.